The third-order valence-corrected chi connectivity index (χ3v) is 11.5. The molecule has 3 amide bonds. The largest absolute Gasteiger partial charge is 0.351 e. The van der Waals surface area contributed by atoms with Gasteiger partial charge in [0.25, 0.3) is 0 Å². The molecule has 7 atom stereocenters. The first-order valence-corrected chi connectivity index (χ1v) is 17.8. The first-order chi connectivity index (χ1) is 21.4. The molecule has 3 heterocycles. The van der Waals surface area contributed by atoms with Gasteiger partial charge in [0.15, 0.2) is 0 Å². The van der Waals surface area contributed by atoms with Gasteiger partial charge in [0.05, 0.1) is 18.1 Å². The summed E-state index contributed by atoms with van der Waals surface area (Å²) in [5, 5.41) is 6.70. The molecule has 0 radical (unpaired) electrons. The summed E-state index contributed by atoms with van der Waals surface area (Å²) in [5.41, 5.74) is 12.4. The number of carbonyl (C=O) groups excluding carboxylic acids is 2. The summed E-state index contributed by atoms with van der Waals surface area (Å²) in [5.74, 6) is 0.287. The summed E-state index contributed by atoms with van der Waals surface area (Å²) >= 11 is 0. The highest BCUT2D eigenvalue weighted by Gasteiger charge is 2.38. The van der Waals surface area contributed by atoms with Crippen molar-refractivity contribution in [3.8, 4) is 0 Å². The van der Waals surface area contributed by atoms with Crippen LogP contribution in [0.3, 0.4) is 0 Å². The molecule has 3 aliphatic heterocycles. The zero-order valence-electron chi connectivity index (χ0n) is 29.1. The van der Waals surface area contributed by atoms with E-state index in [-0.39, 0.29) is 23.4 Å². The standard InChI is InChI=1S/C34H65FN8O2/c1-7-9-24(3)34(5,8-2)14-10-27(35)22-39-25(4)30(31(36)37)32(44)40-29-23-38-15-11-28(29)26-12-16-42(17-13-26)33(45)43-20-18-41(6)19-21-43/h22,24-31,38H,7-21,23,36-37H2,1-6H3,(H,40,44). The molecule has 3 fully saturated rings. The lowest BCUT2D eigenvalue weighted by Crippen LogP contribution is -2.59. The van der Waals surface area contributed by atoms with Gasteiger partial charge < -0.3 is 36.8 Å². The van der Waals surface area contributed by atoms with E-state index in [1.807, 2.05) is 9.80 Å². The first-order valence-electron chi connectivity index (χ1n) is 17.8. The summed E-state index contributed by atoms with van der Waals surface area (Å²) in [6.07, 6.45) is 6.61. The molecule has 3 rings (SSSR count). The van der Waals surface area contributed by atoms with Crippen molar-refractivity contribution in [2.75, 3.05) is 59.4 Å². The Morgan fingerprint density at radius 1 is 1.04 bits per heavy atom. The van der Waals surface area contributed by atoms with E-state index in [0.29, 0.717) is 30.7 Å². The number of nitrogens with one attached hydrogen (secondary N) is 2. The van der Waals surface area contributed by atoms with Crippen molar-refractivity contribution in [3.05, 3.63) is 0 Å². The van der Waals surface area contributed by atoms with Crippen LogP contribution in [0.4, 0.5) is 9.18 Å². The Balaban J connectivity index is 1.54. The second-order valence-corrected chi connectivity index (χ2v) is 14.6. The molecule has 3 saturated heterocycles. The fourth-order valence-electron chi connectivity index (χ4n) is 7.73. The lowest BCUT2D eigenvalue weighted by Gasteiger charge is -2.43. The van der Waals surface area contributed by atoms with Crippen LogP contribution in [0.15, 0.2) is 4.99 Å². The molecule has 3 aliphatic rings. The van der Waals surface area contributed by atoms with Crippen molar-refractivity contribution in [3.63, 3.8) is 0 Å². The predicted molar refractivity (Wildman–Crippen MR) is 182 cm³/mol. The second kappa shape index (κ2) is 17.9. The van der Waals surface area contributed by atoms with Gasteiger partial charge in [0.1, 0.15) is 6.17 Å². The average Bonchev–Trinajstić information content (AvgIpc) is 3.03. The quantitative estimate of drug-likeness (QED) is 0.171. The lowest BCUT2D eigenvalue weighted by molar-refractivity contribution is -0.127. The number of rotatable bonds is 14. The van der Waals surface area contributed by atoms with Crippen molar-refractivity contribution in [1.29, 1.82) is 0 Å². The third-order valence-electron chi connectivity index (χ3n) is 11.5. The SMILES string of the molecule is CCCC(C)C(C)(CC)CCC(F)C=NC(C)C(C(=O)NC1CNCCC1C1CCN(C(=O)N2CCN(C)CC2)CC1)C(N)N. The van der Waals surface area contributed by atoms with Gasteiger partial charge in [-0.3, -0.25) is 9.79 Å². The predicted octanol–water partition coefficient (Wildman–Crippen LogP) is 3.45. The number of likely N-dealkylation sites (tertiary alicyclic amines) is 1. The van der Waals surface area contributed by atoms with Crippen LogP contribution in [-0.4, -0.2) is 117 Å². The Kier molecular flexibility index (Phi) is 15.0. The average molecular weight is 637 g/mol. The van der Waals surface area contributed by atoms with E-state index in [2.05, 4.69) is 55.3 Å². The van der Waals surface area contributed by atoms with Crippen LogP contribution >= 0.6 is 0 Å². The minimum Gasteiger partial charge on any atom is -0.351 e. The number of carbonyl (C=O) groups is 2. The summed E-state index contributed by atoms with van der Waals surface area (Å²) in [6, 6.07) is -0.440. The molecule has 0 aromatic heterocycles. The fourth-order valence-corrected chi connectivity index (χ4v) is 7.73. The topological polar surface area (TPSA) is 132 Å². The van der Waals surface area contributed by atoms with Gasteiger partial charge in [-0.25, -0.2) is 9.18 Å². The van der Waals surface area contributed by atoms with Crippen LogP contribution in [0.5, 0.6) is 0 Å². The Labute approximate surface area is 272 Å². The smallest absolute Gasteiger partial charge is 0.320 e. The highest BCUT2D eigenvalue weighted by atomic mass is 19.1. The normalized spacial score (nSPS) is 26.4. The molecule has 260 valence electrons. The Bertz CT molecular complexity index is 937. The molecule has 0 spiro atoms. The van der Waals surface area contributed by atoms with Crippen LogP contribution < -0.4 is 22.1 Å². The van der Waals surface area contributed by atoms with E-state index < -0.39 is 24.3 Å². The Morgan fingerprint density at radius 3 is 2.29 bits per heavy atom. The number of aliphatic imine (C=N–C) groups is 1. The molecule has 7 unspecified atom stereocenters. The first kappa shape index (κ1) is 37.6. The van der Waals surface area contributed by atoms with E-state index >= 15 is 4.39 Å². The Morgan fingerprint density at radius 2 is 1.69 bits per heavy atom. The molecular formula is C34H65FN8O2. The molecular weight excluding hydrogens is 571 g/mol. The number of piperidine rings is 2. The zero-order chi connectivity index (χ0) is 33.1. The monoisotopic (exact) mass is 637 g/mol. The van der Waals surface area contributed by atoms with Gasteiger partial charge in [-0.2, -0.15) is 0 Å². The number of hydrogen-bond acceptors (Lipinski definition) is 7. The number of likely N-dealkylation sites (N-methyl/N-ethyl adjacent to an activating group) is 1. The van der Waals surface area contributed by atoms with Crippen molar-refractivity contribution >= 4 is 18.2 Å². The molecule has 6 N–H and O–H groups in total. The Hall–Kier alpha value is -1.82. The number of piperazine rings is 1. The van der Waals surface area contributed by atoms with Crippen LogP contribution in [0.1, 0.15) is 86.0 Å². The van der Waals surface area contributed by atoms with Crippen LogP contribution in [-0.2, 0) is 4.79 Å². The van der Waals surface area contributed by atoms with Crippen LogP contribution in [0.2, 0.25) is 0 Å². The maximum absolute atomic E-state index is 15.0. The molecule has 0 saturated carbocycles. The highest BCUT2D eigenvalue weighted by Crippen LogP contribution is 2.39. The number of amides is 3. The van der Waals surface area contributed by atoms with Gasteiger partial charge in [0, 0.05) is 58.1 Å². The number of nitrogens with two attached hydrogens (primary N) is 2. The van der Waals surface area contributed by atoms with Gasteiger partial charge in [-0.15, -0.1) is 0 Å². The van der Waals surface area contributed by atoms with Crippen molar-refractivity contribution in [1.82, 2.24) is 25.3 Å². The summed E-state index contributed by atoms with van der Waals surface area (Å²) in [7, 11) is 2.09. The van der Waals surface area contributed by atoms with Crippen LogP contribution in [0, 0.1) is 29.1 Å². The summed E-state index contributed by atoms with van der Waals surface area (Å²) in [4.78, 5) is 37.4. The summed E-state index contributed by atoms with van der Waals surface area (Å²) in [6.45, 7) is 17.2. The van der Waals surface area contributed by atoms with Gasteiger partial charge in [-0.05, 0) is 75.8 Å². The van der Waals surface area contributed by atoms with Gasteiger partial charge >= 0.3 is 6.03 Å². The second-order valence-electron chi connectivity index (χ2n) is 14.6. The van der Waals surface area contributed by atoms with Crippen molar-refractivity contribution < 1.29 is 14.0 Å². The maximum Gasteiger partial charge on any atom is 0.320 e. The molecule has 11 heteroatoms. The lowest BCUT2D eigenvalue weighted by atomic mass is 9.70. The summed E-state index contributed by atoms with van der Waals surface area (Å²) < 4.78 is 15.0. The van der Waals surface area contributed by atoms with Gasteiger partial charge in [-0.1, -0.05) is 47.0 Å². The maximum atomic E-state index is 15.0. The number of urea groups is 1. The van der Waals surface area contributed by atoms with E-state index in [0.717, 1.165) is 90.8 Å². The third kappa shape index (κ3) is 10.6. The molecule has 10 nitrogen and oxygen atoms in total. The number of alkyl halides is 1. The fraction of sp³-hybridized carbons (Fsp3) is 0.912. The molecule has 0 aromatic carbocycles. The molecule has 0 bridgehead atoms. The van der Waals surface area contributed by atoms with E-state index in [1.165, 1.54) is 6.21 Å². The number of nitrogens with zero attached hydrogens (tertiary/aromatic N) is 4. The zero-order valence-corrected chi connectivity index (χ0v) is 29.1. The minimum atomic E-state index is -1.18. The molecule has 45 heavy (non-hydrogen) atoms. The van der Waals surface area contributed by atoms with E-state index in [1.54, 1.807) is 6.92 Å². The van der Waals surface area contributed by atoms with E-state index in [4.69, 9.17) is 11.5 Å². The van der Waals surface area contributed by atoms with Crippen molar-refractivity contribution in [2.45, 2.75) is 110 Å². The number of halogens is 1. The van der Waals surface area contributed by atoms with Crippen molar-refractivity contribution in [2.24, 2.45) is 45.5 Å². The highest BCUT2D eigenvalue weighted by molar-refractivity contribution is 5.81. The number of hydrogen-bond donors (Lipinski definition) is 4. The van der Waals surface area contributed by atoms with Crippen LogP contribution in [0.25, 0.3) is 0 Å². The van der Waals surface area contributed by atoms with Gasteiger partial charge in [0.2, 0.25) is 5.91 Å². The molecule has 0 aliphatic carbocycles. The molecule has 0 aromatic rings. The van der Waals surface area contributed by atoms with E-state index in [9.17, 15) is 9.59 Å². The minimum absolute atomic E-state index is 0.0562.